The molecule has 0 aromatic rings. The van der Waals surface area contributed by atoms with E-state index in [1.54, 1.807) is 44.9 Å². The van der Waals surface area contributed by atoms with Crippen LogP contribution in [0.15, 0.2) is 0 Å². The highest BCUT2D eigenvalue weighted by Gasteiger charge is 2.30. The lowest BCUT2D eigenvalue weighted by atomic mass is 9.69. The summed E-state index contributed by atoms with van der Waals surface area (Å²) in [6.45, 7) is 10.0. The van der Waals surface area contributed by atoms with Crippen LogP contribution in [-0.2, 0) is 0 Å². The van der Waals surface area contributed by atoms with Crippen LogP contribution in [0.4, 0.5) is 0 Å². The largest absolute Gasteiger partial charge is 0.0654 e. The highest BCUT2D eigenvalue weighted by atomic mass is 14.4. The summed E-state index contributed by atoms with van der Waals surface area (Å²) in [5, 5.41) is 0. The van der Waals surface area contributed by atoms with Crippen LogP contribution in [0.5, 0.6) is 0 Å². The van der Waals surface area contributed by atoms with Crippen molar-refractivity contribution in [3.8, 4) is 0 Å². The zero-order valence-electron chi connectivity index (χ0n) is 26.3. The van der Waals surface area contributed by atoms with Crippen LogP contribution in [0, 0.1) is 47.3 Å². The van der Waals surface area contributed by atoms with Crippen molar-refractivity contribution in [2.45, 2.75) is 188 Å². The Morgan fingerprint density at radius 3 is 2.19 bits per heavy atom. The van der Waals surface area contributed by atoms with Crippen LogP contribution in [0.2, 0.25) is 0 Å². The van der Waals surface area contributed by atoms with Crippen molar-refractivity contribution >= 4 is 0 Å². The summed E-state index contributed by atoms with van der Waals surface area (Å²) in [4.78, 5) is 0. The molecule has 3 aliphatic rings. The topological polar surface area (TPSA) is 0 Å². The highest BCUT2D eigenvalue weighted by molar-refractivity contribution is 4.81. The van der Waals surface area contributed by atoms with E-state index in [-0.39, 0.29) is 0 Å². The smallest absolute Gasteiger partial charge is 0.0383 e. The summed E-state index contributed by atoms with van der Waals surface area (Å²) in [5.41, 5.74) is 0. The molecule has 0 amide bonds. The van der Waals surface area contributed by atoms with Gasteiger partial charge in [-0.25, -0.2) is 0 Å². The second-order valence-corrected chi connectivity index (χ2v) is 14.9. The number of hydrogen-bond acceptors (Lipinski definition) is 0. The van der Waals surface area contributed by atoms with Crippen LogP contribution < -0.4 is 0 Å². The molecular weight excluding hydrogens is 444 g/mol. The van der Waals surface area contributed by atoms with Crippen molar-refractivity contribution in [3.63, 3.8) is 0 Å². The average Bonchev–Trinajstić information content (AvgIpc) is 2.90. The summed E-state index contributed by atoms with van der Waals surface area (Å²) < 4.78 is 0. The first-order valence-corrected chi connectivity index (χ1v) is 18.1. The molecule has 7 atom stereocenters. The van der Waals surface area contributed by atoms with Crippen LogP contribution in [-0.4, -0.2) is 0 Å². The molecule has 3 saturated carbocycles. The van der Waals surface area contributed by atoms with Crippen molar-refractivity contribution in [1.29, 1.82) is 0 Å². The van der Waals surface area contributed by atoms with Crippen LogP contribution in [0.1, 0.15) is 188 Å². The van der Waals surface area contributed by atoms with E-state index in [1.165, 1.54) is 116 Å². The summed E-state index contributed by atoms with van der Waals surface area (Å²) >= 11 is 0. The SMILES string of the molecule is CCCC(C)CC(CCCC1CCCCC1C)CC1CCCC(C(CC)CCCCC2CCCCC2)C1. The summed E-state index contributed by atoms with van der Waals surface area (Å²) in [6, 6.07) is 0. The van der Waals surface area contributed by atoms with Crippen molar-refractivity contribution in [2.24, 2.45) is 47.3 Å². The molecule has 218 valence electrons. The zero-order valence-corrected chi connectivity index (χ0v) is 26.3. The quantitative estimate of drug-likeness (QED) is 0.169. The van der Waals surface area contributed by atoms with Crippen molar-refractivity contribution in [3.05, 3.63) is 0 Å². The molecule has 0 N–H and O–H groups in total. The van der Waals surface area contributed by atoms with E-state index in [0.29, 0.717) is 0 Å². The van der Waals surface area contributed by atoms with Gasteiger partial charge >= 0.3 is 0 Å². The predicted molar refractivity (Wildman–Crippen MR) is 166 cm³/mol. The first kappa shape index (κ1) is 31.5. The molecule has 37 heavy (non-hydrogen) atoms. The molecule has 0 heteroatoms. The van der Waals surface area contributed by atoms with E-state index in [0.717, 1.165) is 47.3 Å². The number of rotatable bonds is 17. The fourth-order valence-electron chi connectivity index (χ4n) is 9.54. The Kier molecular flexibility index (Phi) is 15.7. The van der Waals surface area contributed by atoms with E-state index in [2.05, 4.69) is 27.7 Å². The van der Waals surface area contributed by atoms with E-state index in [9.17, 15) is 0 Å². The normalized spacial score (nSPS) is 30.2. The summed E-state index contributed by atoms with van der Waals surface area (Å²) in [5.74, 6) is 8.21. The second kappa shape index (κ2) is 18.4. The van der Waals surface area contributed by atoms with E-state index < -0.39 is 0 Å². The molecular formula is C37H70. The number of unbranched alkanes of at least 4 members (excludes halogenated alkanes) is 1. The van der Waals surface area contributed by atoms with Gasteiger partial charge in [0.05, 0.1) is 0 Å². The Morgan fingerprint density at radius 1 is 0.676 bits per heavy atom. The lowest BCUT2D eigenvalue weighted by molar-refractivity contribution is 0.150. The summed E-state index contributed by atoms with van der Waals surface area (Å²) in [7, 11) is 0. The third-order valence-corrected chi connectivity index (χ3v) is 11.8. The van der Waals surface area contributed by atoms with Gasteiger partial charge in [0, 0.05) is 0 Å². The molecule has 0 aromatic heterocycles. The predicted octanol–water partition coefficient (Wildman–Crippen LogP) is 12.8. The van der Waals surface area contributed by atoms with Gasteiger partial charge in [0.15, 0.2) is 0 Å². The first-order valence-electron chi connectivity index (χ1n) is 18.1. The molecule has 0 bridgehead atoms. The van der Waals surface area contributed by atoms with E-state index >= 15 is 0 Å². The molecule has 0 heterocycles. The molecule has 3 rings (SSSR count). The monoisotopic (exact) mass is 515 g/mol. The standard InChI is InChI=1S/C37H70/c1-5-16-30(3)27-33(21-14-25-36-24-12-10-17-31(36)4)28-34-22-15-26-37(29-34)35(6-2)23-13-11-20-32-18-8-7-9-19-32/h30-37H,5-29H2,1-4H3. The van der Waals surface area contributed by atoms with Crippen LogP contribution >= 0.6 is 0 Å². The van der Waals surface area contributed by atoms with Gasteiger partial charge in [-0.3, -0.25) is 0 Å². The van der Waals surface area contributed by atoms with E-state index in [1.807, 2.05) is 0 Å². The fourth-order valence-corrected chi connectivity index (χ4v) is 9.54. The maximum Gasteiger partial charge on any atom is -0.0383 e. The van der Waals surface area contributed by atoms with Gasteiger partial charge in [0.25, 0.3) is 0 Å². The third kappa shape index (κ3) is 12.0. The Hall–Kier alpha value is 0. The van der Waals surface area contributed by atoms with Crippen LogP contribution in [0.3, 0.4) is 0 Å². The molecule has 3 aliphatic carbocycles. The van der Waals surface area contributed by atoms with Gasteiger partial charge in [0.1, 0.15) is 0 Å². The molecule has 0 aromatic carbocycles. The Morgan fingerprint density at radius 2 is 1.43 bits per heavy atom. The first-order chi connectivity index (χ1) is 18.1. The van der Waals surface area contributed by atoms with Gasteiger partial charge in [-0.15, -0.1) is 0 Å². The fraction of sp³-hybridized carbons (Fsp3) is 1.00. The van der Waals surface area contributed by atoms with Crippen molar-refractivity contribution in [1.82, 2.24) is 0 Å². The van der Waals surface area contributed by atoms with E-state index in [4.69, 9.17) is 0 Å². The molecule has 3 fully saturated rings. The minimum Gasteiger partial charge on any atom is -0.0654 e. The van der Waals surface area contributed by atoms with Crippen molar-refractivity contribution in [2.75, 3.05) is 0 Å². The third-order valence-electron chi connectivity index (χ3n) is 11.8. The van der Waals surface area contributed by atoms with Gasteiger partial charge in [-0.05, 0) is 66.6 Å². The highest BCUT2D eigenvalue weighted by Crippen LogP contribution is 2.42. The lowest BCUT2D eigenvalue weighted by Gasteiger charge is -2.36. The van der Waals surface area contributed by atoms with Crippen LogP contribution in [0.25, 0.3) is 0 Å². The zero-order chi connectivity index (χ0) is 26.3. The average molecular weight is 515 g/mol. The molecule has 0 spiro atoms. The van der Waals surface area contributed by atoms with Gasteiger partial charge in [-0.1, -0.05) is 169 Å². The molecule has 7 unspecified atom stereocenters. The molecule has 0 radical (unpaired) electrons. The maximum atomic E-state index is 2.56. The minimum absolute atomic E-state index is 0.940. The lowest BCUT2D eigenvalue weighted by Crippen LogP contribution is -2.25. The summed E-state index contributed by atoms with van der Waals surface area (Å²) in [6.07, 6.45) is 38.0. The Balaban J connectivity index is 1.43. The van der Waals surface area contributed by atoms with Crippen molar-refractivity contribution < 1.29 is 0 Å². The minimum atomic E-state index is 0.940. The Labute approximate surface area is 235 Å². The van der Waals surface area contributed by atoms with Gasteiger partial charge in [0.2, 0.25) is 0 Å². The van der Waals surface area contributed by atoms with Gasteiger partial charge in [-0.2, -0.15) is 0 Å². The maximum absolute atomic E-state index is 2.56. The molecule has 0 nitrogen and oxygen atoms in total. The number of hydrogen-bond donors (Lipinski definition) is 0. The molecule has 0 saturated heterocycles. The molecule has 0 aliphatic heterocycles. The van der Waals surface area contributed by atoms with Gasteiger partial charge < -0.3 is 0 Å². The second-order valence-electron chi connectivity index (χ2n) is 14.9. The Bertz CT molecular complexity index is 544.